The molecule has 0 aliphatic rings. The van der Waals surface area contributed by atoms with E-state index in [1.54, 1.807) is 18.2 Å². The number of nitrogens with zero attached hydrogens (tertiary/aromatic N) is 1. The standard InChI is InChI=1S/C36H63NO5/c1-3-5-7-9-11-13-14-16-18-20-22-27-36(41)42-34(26-21-19-17-15-12-10-8-6-4-2)31-35(40)37(28-29-38)32-24-23-25-33(39)30-32/h23-25,30,34,38-39H,3-22,26-29,31H2,1-2H3. The molecule has 0 saturated carbocycles. The van der Waals surface area contributed by atoms with Gasteiger partial charge in [-0.15, -0.1) is 0 Å². The number of aromatic hydroxyl groups is 1. The van der Waals surface area contributed by atoms with Crippen LogP contribution in [0.25, 0.3) is 0 Å². The lowest BCUT2D eigenvalue weighted by atomic mass is 10.0. The molecule has 242 valence electrons. The molecule has 6 nitrogen and oxygen atoms in total. The van der Waals surface area contributed by atoms with Gasteiger partial charge in [-0.2, -0.15) is 0 Å². The van der Waals surface area contributed by atoms with Crippen LogP contribution in [0, 0.1) is 0 Å². The lowest BCUT2D eigenvalue weighted by Crippen LogP contribution is -2.36. The van der Waals surface area contributed by atoms with E-state index < -0.39 is 6.10 Å². The van der Waals surface area contributed by atoms with Crippen LogP contribution in [0.4, 0.5) is 5.69 Å². The van der Waals surface area contributed by atoms with E-state index in [4.69, 9.17) is 4.74 Å². The van der Waals surface area contributed by atoms with Crippen molar-refractivity contribution in [2.75, 3.05) is 18.1 Å². The molecule has 1 atom stereocenters. The molecule has 0 aliphatic heterocycles. The molecule has 0 spiro atoms. The summed E-state index contributed by atoms with van der Waals surface area (Å²) < 4.78 is 5.87. The Balaban J connectivity index is 2.50. The summed E-state index contributed by atoms with van der Waals surface area (Å²) >= 11 is 0. The molecule has 6 heteroatoms. The maximum absolute atomic E-state index is 13.3. The molecule has 1 aromatic carbocycles. The molecule has 0 fully saturated rings. The van der Waals surface area contributed by atoms with Gasteiger partial charge in [0.15, 0.2) is 0 Å². The highest BCUT2D eigenvalue weighted by Gasteiger charge is 2.23. The summed E-state index contributed by atoms with van der Waals surface area (Å²) in [4.78, 5) is 27.5. The second kappa shape index (κ2) is 26.5. The number of aliphatic hydroxyl groups is 1. The predicted molar refractivity (Wildman–Crippen MR) is 175 cm³/mol. The Morgan fingerprint density at radius 3 is 1.74 bits per heavy atom. The first-order valence-electron chi connectivity index (χ1n) is 17.4. The van der Waals surface area contributed by atoms with Gasteiger partial charge in [-0.1, -0.05) is 135 Å². The van der Waals surface area contributed by atoms with E-state index >= 15 is 0 Å². The lowest BCUT2D eigenvalue weighted by molar-refractivity contribution is -0.150. The molecule has 0 heterocycles. The molecule has 0 bridgehead atoms. The van der Waals surface area contributed by atoms with E-state index in [0.29, 0.717) is 18.5 Å². The van der Waals surface area contributed by atoms with E-state index in [2.05, 4.69) is 13.8 Å². The number of ether oxygens (including phenoxy) is 1. The van der Waals surface area contributed by atoms with Crippen LogP contribution in [-0.4, -0.2) is 41.3 Å². The fourth-order valence-electron chi connectivity index (χ4n) is 5.53. The molecule has 42 heavy (non-hydrogen) atoms. The van der Waals surface area contributed by atoms with Gasteiger partial charge in [-0.3, -0.25) is 9.59 Å². The molecule has 0 radical (unpaired) electrons. The summed E-state index contributed by atoms with van der Waals surface area (Å²) in [7, 11) is 0. The Labute approximate surface area is 257 Å². The number of hydrogen-bond acceptors (Lipinski definition) is 5. The monoisotopic (exact) mass is 589 g/mol. The summed E-state index contributed by atoms with van der Waals surface area (Å²) in [6, 6.07) is 6.48. The Morgan fingerprint density at radius 2 is 1.24 bits per heavy atom. The highest BCUT2D eigenvalue weighted by atomic mass is 16.5. The van der Waals surface area contributed by atoms with Crippen LogP contribution in [0.15, 0.2) is 24.3 Å². The SMILES string of the molecule is CCCCCCCCCCCCCC(=O)OC(CCCCCCCCCCC)CC(=O)N(CCO)c1cccc(O)c1. The third-order valence-corrected chi connectivity index (χ3v) is 8.08. The van der Waals surface area contributed by atoms with Crippen molar-refractivity contribution in [1.29, 1.82) is 0 Å². The van der Waals surface area contributed by atoms with Crippen LogP contribution in [-0.2, 0) is 14.3 Å². The number of unbranched alkanes of at least 4 members (excludes halogenated alkanes) is 18. The fourth-order valence-corrected chi connectivity index (χ4v) is 5.53. The predicted octanol–water partition coefficient (Wildman–Crippen LogP) is 9.64. The summed E-state index contributed by atoms with van der Waals surface area (Å²) in [5.41, 5.74) is 0.531. The molecule has 0 aliphatic carbocycles. The van der Waals surface area contributed by atoms with Crippen LogP contribution >= 0.6 is 0 Å². The van der Waals surface area contributed by atoms with Gasteiger partial charge >= 0.3 is 5.97 Å². The van der Waals surface area contributed by atoms with E-state index in [9.17, 15) is 19.8 Å². The highest BCUT2D eigenvalue weighted by molar-refractivity contribution is 5.94. The van der Waals surface area contributed by atoms with Gasteiger partial charge in [0.2, 0.25) is 5.91 Å². The van der Waals surface area contributed by atoms with Crippen molar-refractivity contribution in [3.05, 3.63) is 24.3 Å². The smallest absolute Gasteiger partial charge is 0.306 e. The molecule has 1 rings (SSSR count). The van der Waals surface area contributed by atoms with Gasteiger partial charge in [0.1, 0.15) is 11.9 Å². The topological polar surface area (TPSA) is 87.1 Å². The van der Waals surface area contributed by atoms with E-state index in [1.807, 2.05) is 0 Å². The number of phenolic OH excluding ortho intramolecular Hbond substituents is 1. The largest absolute Gasteiger partial charge is 0.508 e. The summed E-state index contributed by atoms with van der Waals surface area (Å²) in [5, 5.41) is 19.5. The first-order chi connectivity index (χ1) is 20.5. The number of amides is 1. The molecule has 0 saturated heterocycles. The minimum Gasteiger partial charge on any atom is -0.508 e. The minimum absolute atomic E-state index is 0.0629. The van der Waals surface area contributed by atoms with Crippen molar-refractivity contribution in [3.63, 3.8) is 0 Å². The second-order valence-electron chi connectivity index (χ2n) is 12.0. The summed E-state index contributed by atoms with van der Waals surface area (Å²) in [5.74, 6) is -0.364. The maximum Gasteiger partial charge on any atom is 0.306 e. The van der Waals surface area contributed by atoms with Crippen molar-refractivity contribution >= 4 is 17.6 Å². The number of aliphatic hydroxyl groups excluding tert-OH is 1. The zero-order valence-electron chi connectivity index (χ0n) is 27.1. The van der Waals surface area contributed by atoms with Crippen LogP contribution in [0.5, 0.6) is 5.75 Å². The number of esters is 1. The van der Waals surface area contributed by atoms with E-state index in [1.165, 1.54) is 107 Å². The van der Waals surface area contributed by atoms with Crippen molar-refractivity contribution in [2.24, 2.45) is 0 Å². The Kier molecular flexibility index (Phi) is 24.0. The second-order valence-corrected chi connectivity index (χ2v) is 12.0. The van der Waals surface area contributed by atoms with Gasteiger partial charge < -0.3 is 19.8 Å². The third kappa shape index (κ3) is 19.9. The molecular formula is C36H63NO5. The van der Waals surface area contributed by atoms with Crippen LogP contribution in [0.3, 0.4) is 0 Å². The van der Waals surface area contributed by atoms with Gasteiger partial charge in [-0.05, 0) is 31.4 Å². The van der Waals surface area contributed by atoms with E-state index in [0.717, 1.165) is 32.1 Å². The van der Waals surface area contributed by atoms with E-state index in [-0.39, 0.29) is 37.2 Å². The molecule has 1 unspecified atom stereocenters. The molecular weight excluding hydrogens is 526 g/mol. The molecule has 1 amide bonds. The molecule has 0 aromatic heterocycles. The number of carbonyl (C=O) groups is 2. The number of carbonyl (C=O) groups excluding carboxylic acids is 2. The van der Waals surface area contributed by atoms with Crippen LogP contribution in [0.1, 0.15) is 162 Å². The zero-order valence-corrected chi connectivity index (χ0v) is 27.1. The quantitative estimate of drug-likeness (QED) is 0.0750. The average Bonchev–Trinajstić information content (AvgIpc) is 2.97. The Hall–Kier alpha value is -2.08. The van der Waals surface area contributed by atoms with Crippen LogP contribution < -0.4 is 4.90 Å². The zero-order chi connectivity index (χ0) is 30.7. The number of phenols is 1. The first kappa shape index (κ1) is 37.9. The van der Waals surface area contributed by atoms with Gasteiger partial charge in [0, 0.05) is 24.7 Å². The summed E-state index contributed by atoms with van der Waals surface area (Å²) in [6.45, 7) is 4.42. The fraction of sp³-hybridized carbons (Fsp3) is 0.778. The van der Waals surface area contributed by atoms with Crippen molar-refractivity contribution in [3.8, 4) is 5.75 Å². The molecule has 1 aromatic rings. The number of anilines is 1. The van der Waals surface area contributed by atoms with Crippen molar-refractivity contribution < 1.29 is 24.5 Å². The van der Waals surface area contributed by atoms with Gasteiger partial charge in [-0.25, -0.2) is 0 Å². The van der Waals surface area contributed by atoms with Crippen molar-refractivity contribution in [2.45, 2.75) is 168 Å². The summed E-state index contributed by atoms with van der Waals surface area (Å²) in [6.07, 6.45) is 25.1. The minimum atomic E-state index is -0.472. The number of rotatable bonds is 28. The number of benzene rings is 1. The third-order valence-electron chi connectivity index (χ3n) is 8.08. The molecule has 2 N–H and O–H groups in total. The first-order valence-corrected chi connectivity index (χ1v) is 17.4. The lowest BCUT2D eigenvalue weighted by Gasteiger charge is -2.25. The normalized spacial score (nSPS) is 11.9. The maximum atomic E-state index is 13.3. The average molecular weight is 590 g/mol. The van der Waals surface area contributed by atoms with Crippen LogP contribution in [0.2, 0.25) is 0 Å². The Morgan fingerprint density at radius 1 is 0.738 bits per heavy atom. The van der Waals surface area contributed by atoms with Gasteiger partial charge in [0.05, 0.1) is 13.0 Å². The highest BCUT2D eigenvalue weighted by Crippen LogP contribution is 2.23. The Bertz CT molecular complexity index is 799. The van der Waals surface area contributed by atoms with Crippen molar-refractivity contribution in [1.82, 2.24) is 0 Å². The number of hydrogen-bond donors (Lipinski definition) is 2. The van der Waals surface area contributed by atoms with Gasteiger partial charge in [0.25, 0.3) is 0 Å².